The molecule has 0 bridgehead atoms. The summed E-state index contributed by atoms with van der Waals surface area (Å²) < 4.78 is 43.7. The van der Waals surface area contributed by atoms with Crippen LogP contribution in [0.4, 0.5) is 0 Å². The zero-order chi connectivity index (χ0) is 48.6. The van der Waals surface area contributed by atoms with Crippen LogP contribution >= 0.6 is 11.1 Å². The zero-order valence-corrected chi connectivity index (χ0v) is 48.6. The number of halogens is 1. The predicted octanol–water partition coefficient (Wildman–Crippen LogP) is 19.7. The molecule has 0 saturated heterocycles. The van der Waals surface area contributed by atoms with Gasteiger partial charge in [0.05, 0.1) is 0 Å². The highest BCUT2D eigenvalue weighted by molar-refractivity contribution is 7.09. The monoisotopic (exact) mass is 995 g/mol. The SMILES string of the molecule is CCCCCCCCO[Si](Cl)(OCCCCCCCC)OCCCCCCCC.CCCCCCCCO[Si](OCCCCCCCC)(OCCCCCCCC)OCCCCCCCC. The summed E-state index contributed by atoms with van der Waals surface area (Å²) >= 11 is 6.70. The maximum atomic E-state index is 6.70. The highest BCUT2D eigenvalue weighted by Gasteiger charge is 2.45. The van der Waals surface area contributed by atoms with Crippen LogP contribution < -0.4 is 0 Å². The molecule has 0 atom stereocenters. The van der Waals surface area contributed by atoms with Crippen molar-refractivity contribution in [1.29, 1.82) is 0 Å². The molecule has 0 amide bonds. The molecule has 66 heavy (non-hydrogen) atoms. The molecular weight excluding hydrogens is 876 g/mol. The first-order valence-electron chi connectivity index (χ1n) is 29.6. The minimum Gasteiger partial charge on any atom is -0.362 e. The van der Waals surface area contributed by atoms with Crippen molar-refractivity contribution < 1.29 is 31.0 Å². The second-order valence-corrected chi connectivity index (χ2v) is 24.7. The molecule has 0 saturated carbocycles. The fraction of sp³-hybridized carbons (Fsp3) is 1.00. The molecule has 0 aromatic carbocycles. The fourth-order valence-electron chi connectivity index (χ4n) is 7.92. The van der Waals surface area contributed by atoms with Crippen LogP contribution in [0.1, 0.15) is 318 Å². The number of unbranched alkanes of at least 4 members (excludes halogenated alkanes) is 35. The first-order valence-corrected chi connectivity index (χ1v) is 34.0. The molecule has 400 valence electrons. The van der Waals surface area contributed by atoms with Crippen LogP contribution in [0, 0.1) is 0 Å². The summed E-state index contributed by atoms with van der Waals surface area (Å²) in [6.07, 6.45) is 52.6. The van der Waals surface area contributed by atoms with Crippen molar-refractivity contribution in [2.45, 2.75) is 318 Å². The van der Waals surface area contributed by atoms with E-state index in [4.69, 9.17) is 42.1 Å². The predicted molar refractivity (Wildman–Crippen MR) is 293 cm³/mol. The third kappa shape index (κ3) is 52.3. The second kappa shape index (κ2) is 58.0. The molecule has 7 nitrogen and oxygen atoms in total. The molecule has 0 unspecified atom stereocenters. The third-order valence-corrected chi connectivity index (χ3v) is 17.3. The van der Waals surface area contributed by atoms with Crippen molar-refractivity contribution in [2.24, 2.45) is 0 Å². The van der Waals surface area contributed by atoms with Gasteiger partial charge in [0.15, 0.2) is 0 Å². The molecule has 0 heterocycles. The maximum absolute atomic E-state index is 6.70. The lowest BCUT2D eigenvalue weighted by atomic mass is 10.1. The Bertz CT molecular complexity index is 753. The highest BCUT2D eigenvalue weighted by atomic mass is 35.6. The Hall–Kier alpha value is 0.444. The summed E-state index contributed by atoms with van der Waals surface area (Å²) in [5.74, 6) is 0. The molecular formula is C56H119ClO7Si2. The van der Waals surface area contributed by atoms with Crippen molar-refractivity contribution >= 4 is 28.2 Å². The molecule has 10 heteroatoms. The van der Waals surface area contributed by atoms with Gasteiger partial charge in [-0.2, -0.15) is 0 Å². The molecule has 0 aromatic rings. The van der Waals surface area contributed by atoms with Crippen molar-refractivity contribution in [2.75, 3.05) is 46.2 Å². The van der Waals surface area contributed by atoms with Crippen LogP contribution in [0.15, 0.2) is 0 Å². The van der Waals surface area contributed by atoms with E-state index in [1.807, 2.05) is 0 Å². The van der Waals surface area contributed by atoms with Gasteiger partial charge in [0.1, 0.15) is 0 Å². The van der Waals surface area contributed by atoms with Crippen molar-refractivity contribution in [3.8, 4) is 0 Å². The Labute approximate surface area is 421 Å². The summed E-state index contributed by atoms with van der Waals surface area (Å²) in [6.45, 7) is 20.6. The Balaban J connectivity index is 0. The zero-order valence-electron chi connectivity index (χ0n) is 45.9. The molecule has 0 aliphatic heterocycles. The summed E-state index contributed by atoms with van der Waals surface area (Å²) in [4.78, 5) is 0. The first kappa shape index (κ1) is 68.5. The summed E-state index contributed by atoms with van der Waals surface area (Å²) in [6, 6.07) is 0. The van der Waals surface area contributed by atoms with Gasteiger partial charge in [0.2, 0.25) is 0 Å². The Kier molecular flexibility index (Phi) is 60.2. The summed E-state index contributed by atoms with van der Waals surface area (Å²) in [5.41, 5.74) is 0. The average molecular weight is 996 g/mol. The van der Waals surface area contributed by atoms with Gasteiger partial charge in [-0.3, -0.25) is 0 Å². The summed E-state index contributed by atoms with van der Waals surface area (Å²) in [5, 5.41) is 0. The minimum atomic E-state index is -3.10. The normalized spacial score (nSPS) is 12.0. The maximum Gasteiger partial charge on any atom is 0.679 e. The fourth-order valence-corrected chi connectivity index (χ4v) is 12.1. The van der Waals surface area contributed by atoms with Crippen molar-refractivity contribution in [3.05, 3.63) is 0 Å². The average Bonchev–Trinajstić information content (AvgIpc) is 3.32. The van der Waals surface area contributed by atoms with E-state index in [1.165, 1.54) is 225 Å². The first-order chi connectivity index (χ1) is 32.4. The molecule has 0 radical (unpaired) electrons. The smallest absolute Gasteiger partial charge is 0.362 e. The Morgan fingerprint density at radius 2 is 0.333 bits per heavy atom. The van der Waals surface area contributed by atoms with E-state index in [2.05, 4.69) is 48.5 Å². The molecule has 0 aliphatic carbocycles. The third-order valence-electron chi connectivity index (χ3n) is 12.4. The minimum absolute atomic E-state index is 0.662. The lowest BCUT2D eigenvalue weighted by Crippen LogP contribution is -2.50. The molecule has 0 spiro atoms. The molecule has 0 aromatic heterocycles. The van der Waals surface area contributed by atoms with E-state index in [0.29, 0.717) is 46.2 Å². The largest absolute Gasteiger partial charge is 0.679 e. The Morgan fingerprint density at radius 1 is 0.197 bits per heavy atom. The van der Waals surface area contributed by atoms with Crippen LogP contribution in [-0.4, -0.2) is 63.4 Å². The Morgan fingerprint density at radius 3 is 0.500 bits per heavy atom. The molecule has 0 aliphatic rings. The highest BCUT2D eigenvalue weighted by Crippen LogP contribution is 2.21. The van der Waals surface area contributed by atoms with Crippen LogP contribution in [-0.2, 0) is 31.0 Å². The van der Waals surface area contributed by atoms with Gasteiger partial charge in [-0.1, -0.05) is 284 Å². The van der Waals surface area contributed by atoms with Gasteiger partial charge in [0.25, 0.3) is 0 Å². The van der Waals surface area contributed by atoms with E-state index in [0.717, 1.165) is 44.9 Å². The number of rotatable bonds is 56. The van der Waals surface area contributed by atoms with E-state index in [1.54, 1.807) is 0 Å². The van der Waals surface area contributed by atoms with Gasteiger partial charge in [-0.25, -0.2) is 0 Å². The number of hydrogen-bond acceptors (Lipinski definition) is 7. The van der Waals surface area contributed by atoms with E-state index < -0.39 is 17.2 Å². The molecule has 0 rings (SSSR count). The van der Waals surface area contributed by atoms with Crippen molar-refractivity contribution in [1.82, 2.24) is 0 Å². The standard InChI is InChI=1S/C32H68O4Si.C24H51ClO3Si/c1-5-9-13-17-21-25-29-33-37(34-30-26-22-18-14-10-6-2,35-31-27-23-19-15-11-7-3)36-32-28-24-20-16-12-8-4;1-4-7-10-13-16-19-22-26-29(25,27-23-20-17-14-11-8-5-2)28-24-21-18-15-12-9-6-3/h5-32H2,1-4H3;4-24H2,1-3H3. The van der Waals surface area contributed by atoms with Crippen LogP contribution in [0.5, 0.6) is 0 Å². The van der Waals surface area contributed by atoms with Gasteiger partial charge in [-0.05, 0) is 44.9 Å². The van der Waals surface area contributed by atoms with Gasteiger partial charge >= 0.3 is 17.2 Å². The van der Waals surface area contributed by atoms with Gasteiger partial charge < -0.3 is 31.0 Å². The molecule has 0 N–H and O–H groups in total. The topological polar surface area (TPSA) is 64.6 Å². The van der Waals surface area contributed by atoms with E-state index in [-0.39, 0.29) is 0 Å². The lowest BCUT2D eigenvalue weighted by molar-refractivity contribution is -0.0375. The quantitative estimate of drug-likeness (QED) is 0.0342. The summed E-state index contributed by atoms with van der Waals surface area (Å²) in [7, 11) is -6.10. The van der Waals surface area contributed by atoms with E-state index >= 15 is 0 Å². The van der Waals surface area contributed by atoms with Gasteiger partial charge in [0, 0.05) is 46.2 Å². The lowest BCUT2D eigenvalue weighted by Gasteiger charge is -2.28. The van der Waals surface area contributed by atoms with Gasteiger partial charge in [-0.15, -0.1) is 0 Å². The second-order valence-electron chi connectivity index (χ2n) is 19.3. The van der Waals surface area contributed by atoms with Crippen LogP contribution in [0.3, 0.4) is 0 Å². The van der Waals surface area contributed by atoms with Crippen molar-refractivity contribution in [3.63, 3.8) is 0 Å². The van der Waals surface area contributed by atoms with Crippen LogP contribution in [0.25, 0.3) is 0 Å². The molecule has 0 fully saturated rings. The number of hydrogen-bond donors (Lipinski definition) is 0. The van der Waals surface area contributed by atoms with Crippen LogP contribution in [0.2, 0.25) is 0 Å². The van der Waals surface area contributed by atoms with E-state index in [9.17, 15) is 0 Å².